The highest BCUT2D eigenvalue weighted by atomic mass is 35.5. The third-order valence-corrected chi connectivity index (χ3v) is 7.77. The van der Waals surface area contributed by atoms with Gasteiger partial charge in [-0.05, 0) is 48.4 Å². The van der Waals surface area contributed by atoms with Crippen molar-refractivity contribution in [2.24, 2.45) is 0 Å². The Labute approximate surface area is 254 Å². The van der Waals surface area contributed by atoms with Gasteiger partial charge < -0.3 is 20.6 Å². The number of nitrogens with zero attached hydrogens (tertiary/aromatic N) is 7. The Hall–Kier alpha value is -4.99. The van der Waals surface area contributed by atoms with Crippen LogP contribution in [0.3, 0.4) is 0 Å². The molecule has 2 aromatic carbocycles. The van der Waals surface area contributed by atoms with Crippen LogP contribution in [0.1, 0.15) is 35.3 Å². The van der Waals surface area contributed by atoms with Crippen molar-refractivity contribution in [1.29, 1.82) is 5.26 Å². The van der Waals surface area contributed by atoms with Crippen LogP contribution in [-0.4, -0.2) is 54.2 Å². The van der Waals surface area contributed by atoms with Gasteiger partial charge in [0.05, 0.1) is 45.1 Å². The highest BCUT2D eigenvalue weighted by molar-refractivity contribution is 6.36. The lowest BCUT2D eigenvalue weighted by atomic mass is 10.0. The normalized spacial score (nSPS) is 15.3. The number of aromatic nitrogens is 5. The Bertz CT molecular complexity index is 1880. The van der Waals surface area contributed by atoms with Crippen LogP contribution in [0.25, 0.3) is 10.9 Å². The first-order chi connectivity index (χ1) is 20.8. The molecule has 43 heavy (non-hydrogen) atoms. The molecule has 1 amide bonds. The number of fused-ring (bicyclic) bond motifs is 1. The van der Waals surface area contributed by atoms with Crippen LogP contribution < -0.4 is 10.6 Å². The fourth-order valence-corrected chi connectivity index (χ4v) is 5.50. The molecule has 1 unspecified atom stereocenters. The quantitative estimate of drug-likeness (QED) is 0.188. The summed E-state index contributed by atoms with van der Waals surface area (Å²) in [6.07, 6.45) is 6.25. The number of carboxylic acid groups (broad SMARTS) is 1. The largest absolute Gasteiger partial charge is 0.465 e. The third kappa shape index (κ3) is 5.73. The van der Waals surface area contributed by atoms with Crippen LogP contribution >= 0.6 is 23.2 Å². The van der Waals surface area contributed by atoms with Gasteiger partial charge in [0.1, 0.15) is 17.6 Å². The number of nitriles is 1. The van der Waals surface area contributed by atoms with E-state index in [1.807, 2.05) is 12.1 Å². The van der Waals surface area contributed by atoms with Crippen molar-refractivity contribution in [3.63, 3.8) is 0 Å². The average molecular weight is 618 g/mol. The molecular formula is C29H22Cl2FN9O2. The van der Waals surface area contributed by atoms with Crippen molar-refractivity contribution in [3.05, 3.63) is 99.9 Å². The van der Waals surface area contributed by atoms with Crippen LogP contribution in [0.4, 0.5) is 26.2 Å². The van der Waals surface area contributed by atoms with E-state index in [0.717, 1.165) is 5.56 Å². The van der Waals surface area contributed by atoms with Gasteiger partial charge in [0, 0.05) is 48.4 Å². The molecule has 1 saturated heterocycles. The van der Waals surface area contributed by atoms with Gasteiger partial charge in [-0.3, -0.25) is 9.97 Å². The second-order valence-electron chi connectivity index (χ2n) is 9.93. The topological polar surface area (TPSA) is 145 Å². The van der Waals surface area contributed by atoms with Crippen molar-refractivity contribution in [3.8, 4) is 6.07 Å². The Morgan fingerprint density at radius 2 is 2.00 bits per heavy atom. The molecule has 0 aliphatic carbocycles. The van der Waals surface area contributed by atoms with E-state index in [1.54, 1.807) is 35.4 Å². The molecule has 4 heterocycles. The summed E-state index contributed by atoms with van der Waals surface area (Å²) in [4.78, 5) is 21.4. The monoisotopic (exact) mass is 617 g/mol. The van der Waals surface area contributed by atoms with Crippen molar-refractivity contribution in [2.45, 2.75) is 18.5 Å². The number of benzene rings is 2. The molecule has 1 aliphatic heterocycles. The lowest BCUT2D eigenvalue weighted by Crippen LogP contribution is -2.27. The van der Waals surface area contributed by atoms with E-state index in [1.165, 1.54) is 29.3 Å². The van der Waals surface area contributed by atoms with E-state index in [0.29, 0.717) is 58.2 Å². The number of hydrogen-bond acceptors (Lipinski definition) is 8. The van der Waals surface area contributed by atoms with E-state index in [9.17, 15) is 19.6 Å². The lowest BCUT2D eigenvalue weighted by Gasteiger charge is -2.20. The van der Waals surface area contributed by atoms with Crippen molar-refractivity contribution < 1.29 is 14.3 Å². The van der Waals surface area contributed by atoms with Gasteiger partial charge in [-0.2, -0.15) is 5.26 Å². The zero-order valence-electron chi connectivity index (χ0n) is 22.2. The van der Waals surface area contributed by atoms with Crippen LogP contribution in [0.15, 0.2) is 67.3 Å². The number of halogens is 3. The Balaban J connectivity index is 1.38. The number of anilines is 3. The standard InChI is InChI=1S/C29H22Cl2FN9O2/c30-22-9-18(3-4-24(22)32)36-26-17(11-33)13-35-28-21(26)8-19(10-23(28)31)37-27(16-2-1-6-34-12-16)25-15-41(39-38-25)20-5-7-40(14-20)29(42)43/h1-4,6,8-10,12-13,15,20,27,37H,5,7,14H2,(H,35,36)(H,42,43)/t20-,27?/m1/s1. The predicted molar refractivity (Wildman–Crippen MR) is 159 cm³/mol. The molecular weight excluding hydrogens is 596 g/mol. The summed E-state index contributed by atoms with van der Waals surface area (Å²) in [7, 11) is 0. The minimum atomic E-state index is -0.962. The Kier molecular flexibility index (Phi) is 7.67. The number of nitrogens with one attached hydrogen (secondary N) is 2. The first-order valence-electron chi connectivity index (χ1n) is 13.1. The zero-order chi connectivity index (χ0) is 30.1. The second-order valence-corrected chi connectivity index (χ2v) is 10.7. The highest BCUT2D eigenvalue weighted by Crippen LogP contribution is 2.37. The molecule has 1 aliphatic rings. The smallest absolute Gasteiger partial charge is 0.407 e. The molecule has 5 aromatic rings. The summed E-state index contributed by atoms with van der Waals surface area (Å²) >= 11 is 12.7. The number of hydrogen-bond donors (Lipinski definition) is 3. The molecule has 216 valence electrons. The summed E-state index contributed by atoms with van der Waals surface area (Å²) in [5.41, 5.74) is 3.58. The van der Waals surface area contributed by atoms with Gasteiger partial charge in [-0.1, -0.05) is 34.5 Å². The van der Waals surface area contributed by atoms with Crippen molar-refractivity contribution in [2.75, 3.05) is 23.7 Å². The minimum absolute atomic E-state index is 0.0668. The molecule has 6 rings (SSSR count). The molecule has 3 aromatic heterocycles. The number of rotatable bonds is 7. The summed E-state index contributed by atoms with van der Waals surface area (Å²) in [5.74, 6) is -0.563. The third-order valence-electron chi connectivity index (χ3n) is 7.19. The Morgan fingerprint density at radius 1 is 1.16 bits per heavy atom. The van der Waals surface area contributed by atoms with E-state index in [2.05, 4.69) is 37.0 Å². The molecule has 0 saturated carbocycles. The molecule has 11 nitrogen and oxygen atoms in total. The first kappa shape index (κ1) is 28.1. The number of carbonyl (C=O) groups is 1. The molecule has 0 bridgehead atoms. The molecule has 3 N–H and O–H groups in total. The van der Waals surface area contributed by atoms with E-state index in [4.69, 9.17) is 23.2 Å². The maximum absolute atomic E-state index is 13.8. The minimum Gasteiger partial charge on any atom is -0.465 e. The lowest BCUT2D eigenvalue weighted by molar-refractivity contribution is 0.154. The van der Waals surface area contributed by atoms with Crippen LogP contribution in [-0.2, 0) is 0 Å². The zero-order valence-corrected chi connectivity index (χ0v) is 23.8. The summed E-state index contributed by atoms with van der Waals surface area (Å²) < 4.78 is 15.5. The van der Waals surface area contributed by atoms with E-state index in [-0.39, 0.29) is 16.6 Å². The van der Waals surface area contributed by atoms with Crippen LogP contribution in [0.2, 0.25) is 10.0 Å². The van der Waals surface area contributed by atoms with Crippen molar-refractivity contribution >= 4 is 57.3 Å². The van der Waals surface area contributed by atoms with Gasteiger partial charge >= 0.3 is 6.09 Å². The molecule has 0 radical (unpaired) electrons. The number of pyridine rings is 2. The summed E-state index contributed by atoms with van der Waals surface area (Å²) in [5, 5.41) is 35.4. The van der Waals surface area contributed by atoms with Crippen molar-refractivity contribution in [1.82, 2.24) is 29.9 Å². The fraction of sp³-hybridized carbons (Fsp3) is 0.172. The number of likely N-dealkylation sites (tertiary alicyclic amines) is 1. The predicted octanol–water partition coefficient (Wildman–Crippen LogP) is 6.41. The van der Waals surface area contributed by atoms with Gasteiger partial charge in [-0.15, -0.1) is 5.10 Å². The molecule has 1 fully saturated rings. The van der Waals surface area contributed by atoms with E-state index >= 15 is 0 Å². The molecule has 14 heteroatoms. The van der Waals surface area contributed by atoms with Crippen LogP contribution in [0, 0.1) is 17.1 Å². The van der Waals surface area contributed by atoms with Gasteiger partial charge in [0.2, 0.25) is 0 Å². The SMILES string of the molecule is N#Cc1cnc2c(Cl)cc(NC(c3cccnc3)c3cn([C@@H]4CCN(C(=O)O)C4)nn3)cc2c1Nc1ccc(F)c(Cl)c1. The molecule has 2 atom stereocenters. The maximum atomic E-state index is 13.8. The van der Waals surface area contributed by atoms with Gasteiger partial charge in [-0.25, -0.2) is 13.9 Å². The maximum Gasteiger partial charge on any atom is 0.407 e. The molecule has 0 spiro atoms. The highest BCUT2D eigenvalue weighted by Gasteiger charge is 2.29. The van der Waals surface area contributed by atoms with E-state index < -0.39 is 18.0 Å². The summed E-state index contributed by atoms with van der Waals surface area (Å²) in [6, 6.07) is 12.9. The fourth-order valence-electron chi connectivity index (χ4n) is 5.05. The Morgan fingerprint density at radius 3 is 2.72 bits per heavy atom. The first-order valence-corrected chi connectivity index (χ1v) is 13.9. The van der Waals surface area contributed by atoms with Gasteiger partial charge in [0.15, 0.2) is 0 Å². The van der Waals surface area contributed by atoms with Crippen LogP contribution in [0.5, 0.6) is 0 Å². The average Bonchev–Trinajstić information content (AvgIpc) is 3.69. The van der Waals surface area contributed by atoms with Gasteiger partial charge in [0.25, 0.3) is 0 Å². The second kappa shape index (κ2) is 11.7. The summed E-state index contributed by atoms with van der Waals surface area (Å²) in [6.45, 7) is 0.751. The number of amides is 1.